The van der Waals surface area contributed by atoms with Crippen LogP contribution in [0.5, 0.6) is 0 Å². The summed E-state index contributed by atoms with van der Waals surface area (Å²) in [5.41, 5.74) is 0.945. The van der Waals surface area contributed by atoms with Gasteiger partial charge in [-0.1, -0.05) is 41.6 Å². The number of para-hydroxylation sites is 1. The topological polar surface area (TPSA) is 90.3 Å². The largest absolute Gasteiger partial charge is 0.334 e. The van der Waals surface area contributed by atoms with E-state index in [9.17, 15) is 9.59 Å². The fourth-order valence-corrected chi connectivity index (χ4v) is 5.57. The normalized spacial score (nSPS) is 17.6. The first-order chi connectivity index (χ1) is 17.3. The van der Waals surface area contributed by atoms with Gasteiger partial charge in [0.1, 0.15) is 21.6 Å². The van der Waals surface area contributed by atoms with Crippen LogP contribution in [0.1, 0.15) is 12.2 Å². The molecule has 0 radical (unpaired) electrons. The third kappa shape index (κ3) is 3.30. The molecule has 1 aromatic carbocycles. The molecule has 4 aromatic heterocycles. The molecule has 0 aliphatic carbocycles. The number of thioether (sulfide) groups is 1. The molecule has 36 heavy (non-hydrogen) atoms. The second-order valence-corrected chi connectivity index (χ2v) is 10.4. The Labute approximate surface area is 219 Å². The standard InChI is InChI=1S/C24H20ClN7O2S2/c1-29-11-9-16-17(20(29)33)19(27-23(26-16)36-2)30-13-10-24(30,35)22-28-31-12-8-15(25)18(31)21(34)32(22)14-6-4-3-5-7-14/h3-9,11-12,35H,10,13H2,1-2H3/t24-/m1/s1. The minimum absolute atomic E-state index is 0.209. The van der Waals surface area contributed by atoms with E-state index in [1.807, 2.05) is 41.5 Å². The number of rotatable bonds is 4. The van der Waals surface area contributed by atoms with E-state index < -0.39 is 4.87 Å². The molecule has 0 spiro atoms. The minimum atomic E-state index is -1.03. The second-order valence-electron chi connectivity index (χ2n) is 8.50. The highest BCUT2D eigenvalue weighted by molar-refractivity contribution is 7.98. The van der Waals surface area contributed by atoms with Gasteiger partial charge in [-0.15, -0.1) is 12.6 Å². The van der Waals surface area contributed by atoms with E-state index in [0.717, 1.165) is 0 Å². The molecule has 9 nitrogen and oxygen atoms in total. The van der Waals surface area contributed by atoms with Crippen molar-refractivity contribution in [1.82, 2.24) is 28.7 Å². The van der Waals surface area contributed by atoms with Crippen LogP contribution in [0.25, 0.3) is 22.1 Å². The quantitative estimate of drug-likeness (QED) is 0.213. The Balaban J connectivity index is 1.64. The number of thiol groups is 1. The molecule has 0 saturated carbocycles. The Morgan fingerprint density at radius 1 is 1.06 bits per heavy atom. The van der Waals surface area contributed by atoms with Crippen LogP contribution >= 0.6 is 36.0 Å². The zero-order valence-corrected chi connectivity index (χ0v) is 21.8. The minimum Gasteiger partial charge on any atom is -0.334 e. The predicted molar refractivity (Wildman–Crippen MR) is 145 cm³/mol. The lowest BCUT2D eigenvalue weighted by Crippen LogP contribution is -2.57. The van der Waals surface area contributed by atoms with Gasteiger partial charge in [-0.3, -0.25) is 14.2 Å². The van der Waals surface area contributed by atoms with Crippen LogP contribution in [-0.4, -0.2) is 41.5 Å². The first kappa shape index (κ1) is 23.1. The fraction of sp³-hybridized carbons (Fsp3) is 0.208. The zero-order valence-electron chi connectivity index (χ0n) is 19.3. The third-order valence-corrected chi connectivity index (χ3v) is 7.98. The van der Waals surface area contributed by atoms with E-state index in [1.54, 1.807) is 31.6 Å². The maximum absolute atomic E-state index is 13.8. The molecule has 1 fully saturated rings. The Morgan fingerprint density at radius 3 is 2.53 bits per heavy atom. The van der Waals surface area contributed by atoms with Gasteiger partial charge in [-0.2, -0.15) is 5.10 Å². The summed E-state index contributed by atoms with van der Waals surface area (Å²) in [7, 11) is 1.69. The van der Waals surface area contributed by atoms with Gasteiger partial charge in [0.05, 0.1) is 16.2 Å². The van der Waals surface area contributed by atoms with E-state index in [2.05, 4.69) is 4.98 Å². The van der Waals surface area contributed by atoms with Crippen molar-refractivity contribution in [2.45, 2.75) is 16.4 Å². The number of fused-ring (bicyclic) bond motifs is 2. The summed E-state index contributed by atoms with van der Waals surface area (Å²) >= 11 is 12.8. The molecule has 182 valence electrons. The predicted octanol–water partition coefficient (Wildman–Crippen LogP) is 3.50. The van der Waals surface area contributed by atoms with E-state index in [-0.39, 0.29) is 16.6 Å². The van der Waals surface area contributed by atoms with Gasteiger partial charge in [-0.25, -0.2) is 14.5 Å². The molecule has 12 heteroatoms. The Hall–Kier alpha value is -3.28. The molecular weight excluding hydrogens is 518 g/mol. The molecule has 1 atom stereocenters. The molecule has 5 aromatic rings. The van der Waals surface area contributed by atoms with Crippen LogP contribution in [0.3, 0.4) is 0 Å². The van der Waals surface area contributed by atoms with Crippen molar-refractivity contribution in [2.75, 3.05) is 17.7 Å². The highest BCUT2D eigenvalue weighted by Crippen LogP contribution is 2.47. The zero-order chi connectivity index (χ0) is 25.2. The fourth-order valence-electron chi connectivity index (χ4n) is 4.54. The van der Waals surface area contributed by atoms with Crippen molar-refractivity contribution in [3.63, 3.8) is 0 Å². The summed E-state index contributed by atoms with van der Waals surface area (Å²) in [5.74, 6) is 0.865. The lowest BCUT2D eigenvalue weighted by Gasteiger charge is -2.50. The van der Waals surface area contributed by atoms with E-state index >= 15 is 0 Å². The first-order valence-electron chi connectivity index (χ1n) is 11.1. The molecule has 0 N–H and O–H groups in total. The number of nitrogens with zero attached hydrogens (tertiary/aromatic N) is 7. The number of aryl methyl sites for hydroxylation is 1. The van der Waals surface area contributed by atoms with Crippen LogP contribution in [-0.2, 0) is 11.9 Å². The van der Waals surface area contributed by atoms with Gasteiger partial charge in [0.15, 0.2) is 11.0 Å². The van der Waals surface area contributed by atoms with Crippen molar-refractivity contribution in [2.24, 2.45) is 7.05 Å². The number of hydrogen-bond acceptors (Lipinski definition) is 8. The van der Waals surface area contributed by atoms with E-state index in [1.165, 1.54) is 25.4 Å². The molecule has 1 aliphatic rings. The number of halogens is 1. The van der Waals surface area contributed by atoms with Crippen molar-refractivity contribution in [1.29, 1.82) is 0 Å². The average Bonchev–Trinajstić information content (AvgIpc) is 3.26. The monoisotopic (exact) mass is 537 g/mol. The Bertz CT molecular complexity index is 1780. The molecular formula is C24H20ClN7O2S2. The van der Waals surface area contributed by atoms with Crippen molar-refractivity contribution >= 4 is 58.2 Å². The number of aromatic nitrogens is 6. The summed E-state index contributed by atoms with van der Waals surface area (Å²) in [5, 5.41) is 6.06. The second kappa shape index (κ2) is 8.39. The van der Waals surface area contributed by atoms with Crippen LogP contribution in [0, 0.1) is 0 Å². The molecule has 0 unspecified atom stereocenters. The average molecular weight is 538 g/mol. The molecule has 1 saturated heterocycles. The van der Waals surface area contributed by atoms with Gasteiger partial charge in [0.25, 0.3) is 11.1 Å². The molecule has 0 bridgehead atoms. The summed E-state index contributed by atoms with van der Waals surface area (Å²) < 4.78 is 4.52. The lowest BCUT2D eigenvalue weighted by molar-refractivity contribution is 0.381. The summed E-state index contributed by atoms with van der Waals surface area (Å²) in [6.45, 7) is 0.566. The van der Waals surface area contributed by atoms with Gasteiger partial charge in [0, 0.05) is 32.4 Å². The van der Waals surface area contributed by atoms with Crippen molar-refractivity contribution in [3.8, 4) is 5.69 Å². The van der Waals surface area contributed by atoms with Gasteiger partial charge >= 0.3 is 0 Å². The van der Waals surface area contributed by atoms with Gasteiger partial charge in [0.2, 0.25) is 0 Å². The highest BCUT2D eigenvalue weighted by Gasteiger charge is 2.49. The van der Waals surface area contributed by atoms with Crippen LogP contribution < -0.4 is 16.0 Å². The van der Waals surface area contributed by atoms with Gasteiger partial charge < -0.3 is 9.47 Å². The third-order valence-electron chi connectivity index (χ3n) is 6.47. The number of hydrogen-bond donors (Lipinski definition) is 1. The van der Waals surface area contributed by atoms with Crippen molar-refractivity contribution in [3.05, 3.63) is 86.4 Å². The van der Waals surface area contributed by atoms with E-state index in [0.29, 0.717) is 51.4 Å². The molecule has 1 aliphatic heterocycles. The maximum atomic E-state index is 13.8. The molecule has 6 rings (SSSR count). The molecule has 0 amide bonds. The summed E-state index contributed by atoms with van der Waals surface area (Å²) in [6, 6.07) is 12.7. The van der Waals surface area contributed by atoms with Crippen LogP contribution in [0.15, 0.2) is 69.6 Å². The van der Waals surface area contributed by atoms with Gasteiger partial charge in [-0.05, 0) is 30.5 Å². The SMILES string of the molecule is CSc1nc(N2CC[C@@]2(S)c2nn3ccc(Cl)c3c(=O)n2-c2ccccc2)c2c(=O)n(C)ccc2n1. The first-order valence-corrected chi connectivity index (χ1v) is 13.2. The maximum Gasteiger partial charge on any atom is 0.284 e. The lowest BCUT2D eigenvalue weighted by atomic mass is 9.99. The van der Waals surface area contributed by atoms with Crippen LogP contribution in [0.2, 0.25) is 5.02 Å². The Morgan fingerprint density at radius 2 is 1.83 bits per heavy atom. The molecule has 5 heterocycles. The Kier molecular flexibility index (Phi) is 5.39. The number of pyridine rings is 1. The summed E-state index contributed by atoms with van der Waals surface area (Å²) in [6.07, 6.45) is 5.80. The number of anilines is 1. The van der Waals surface area contributed by atoms with Crippen LogP contribution in [0.4, 0.5) is 5.82 Å². The van der Waals surface area contributed by atoms with E-state index in [4.69, 9.17) is 34.3 Å². The number of benzene rings is 1. The van der Waals surface area contributed by atoms with Crippen molar-refractivity contribution < 1.29 is 0 Å². The highest BCUT2D eigenvalue weighted by atomic mass is 35.5. The summed E-state index contributed by atoms with van der Waals surface area (Å²) in [4.78, 5) is 37.1. The smallest absolute Gasteiger partial charge is 0.284 e.